The van der Waals surface area contributed by atoms with E-state index in [1.807, 2.05) is 35.0 Å². The van der Waals surface area contributed by atoms with Gasteiger partial charge in [0.2, 0.25) is 0 Å². The summed E-state index contributed by atoms with van der Waals surface area (Å²) in [4.78, 5) is 16.0. The van der Waals surface area contributed by atoms with Crippen molar-refractivity contribution in [1.29, 1.82) is 0 Å². The second kappa shape index (κ2) is 8.60. The van der Waals surface area contributed by atoms with Crippen molar-refractivity contribution in [3.8, 4) is 5.75 Å². The Hall–Kier alpha value is -3.29. The minimum absolute atomic E-state index is 0.244. The summed E-state index contributed by atoms with van der Waals surface area (Å²) in [7, 11) is 0. The van der Waals surface area contributed by atoms with Crippen LogP contribution in [0.3, 0.4) is 0 Å². The van der Waals surface area contributed by atoms with E-state index in [1.165, 1.54) is 18.2 Å². The van der Waals surface area contributed by atoms with E-state index in [1.54, 1.807) is 12.5 Å². The number of imidazole rings is 1. The largest absolute Gasteiger partial charge is 0.483 e. The number of hydrogen-bond acceptors (Lipinski definition) is 3. The standard InChI is InChI=1S/C20H18F3N3O2/c21-20(22,23)17-7-3-4-8-18(17)28-13-19(27)25-11-15-5-1-2-6-16(15)12-26-10-9-24-14-26/h1-10,14H,11-13H2,(H,25,27). The van der Waals surface area contributed by atoms with Crippen molar-refractivity contribution in [2.75, 3.05) is 6.61 Å². The van der Waals surface area contributed by atoms with Gasteiger partial charge in [0.25, 0.3) is 5.91 Å². The van der Waals surface area contributed by atoms with Crippen LogP contribution in [0.25, 0.3) is 0 Å². The van der Waals surface area contributed by atoms with Gasteiger partial charge in [-0.2, -0.15) is 13.2 Å². The second-order valence-corrected chi connectivity index (χ2v) is 6.06. The van der Waals surface area contributed by atoms with E-state index in [2.05, 4.69) is 10.3 Å². The fourth-order valence-corrected chi connectivity index (χ4v) is 2.68. The Morgan fingerprint density at radius 2 is 1.79 bits per heavy atom. The Morgan fingerprint density at radius 3 is 2.50 bits per heavy atom. The zero-order chi connectivity index (χ0) is 20.0. The summed E-state index contributed by atoms with van der Waals surface area (Å²) in [6.45, 7) is 0.340. The molecule has 0 fully saturated rings. The number of aromatic nitrogens is 2. The summed E-state index contributed by atoms with van der Waals surface area (Å²) >= 11 is 0. The molecule has 1 heterocycles. The van der Waals surface area contributed by atoms with Crippen molar-refractivity contribution in [2.24, 2.45) is 0 Å². The van der Waals surface area contributed by atoms with Crippen LogP contribution in [-0.2, 0) is 24.1 Å². The number of halogens is 3. The highest BCUT2D eigenvalue weighted by molar-refractivity contribution is 5.77. The number of para-hydroxylation sites is 1. The lowest BCUT2D eigenvalue weighted by Gasteiger charge is -2.14. The highest BCUT2D eigenvalue weighted by atomic mass is 19.4. The maximum atomic E-state index is 13.0. The molecule has 0 atom stereocenters. The first kappa shape index (κ1) is 19.5. The van der Waals surface area contributed by atoms with Gasteiger partial charge in [-0.15, -0.1) is 0 Å². The molecule has 3 rings (SSSR count). The minimum Gasteiger partial charge on any atom is -0.483 e. The van der Waals surface area contributed by atoms with Crippen molar-refractivity contribution in [3.63, 3.8) is 0 Å². The van der Waals surface area contributed by atoms with Crippen molar-refractivity contribution in [1.82, 2.24) is 14.9 Å². The van der Waals surface area contributed by atoms with Gasteiger partial charge < -0.3 is 14.6 Å². The van der Waals surface area contributed by atoms with E-state index in [0.717, 1.165) is 17.2 Å². The number of alkyl halides is 3. The van der Waals surface area contributed by atoms with E-state index >= 15 is 0 Å². The molecule has 0 radical (unpaired) electrons. The van der Waals surface area contributed by atoms with E-state index < -0.39 is 24.3 Å². The summed E-state index contributed by atoms with van der Waals surface area (Å²) in [6, 6.07) is 12.4. The topological polar surface area (TPSA) is 56.1 Å². The van der Waals surface area contributed by atoms with Crippen LogP contribution < -0.4 is 10.1 Å². The molecule has 1 amide bonds. The van der Waals surface area contributed by atoms with Crippen LogP contribution in [0, 0.1) is 0 Å². The number of rotatable bonds is 7. The number of nitrogens with one attached hydrogen (secondary N) is 1. The quantitative estimate of drug-likeness (QED) is 0.671. The van der Waals surface area contributed by atoms with Crippen LogP contribution >= 0.6 is 0 Å². The van der Waals surface area contributed by atoms with E-state index in [0.29, 0.717) is 6.54 Å². The summed E-state index contributed by atoms with van der Waals surface area (Å²) in [6.07, 6.45) is 0.669. The highest BCUT2D eigenvalue weighted by Gasteiger charge is 2.34. The Morgan fingerprint density at radius 1 is 1.07 bits per heavy atom. The Bertz CT molecular complexity index is 924. The van der Waals surface area contributed by atoms with Gasteiger partial charge in [-0.05, 0) is 23.3 Å². The fraction of sp³-hybridized carbons (Fsp3) is 0.200. The van der Waals surface area contributed by atoms with Crippen LogP contribution in [0.15, 0.2) is 67.3 Å². The van der Waals surface area contributed by atoms with Gasteiger partial charge in [0.1, 0.15) is 5.75 Å². The molecule has 1 N–H and O–H groups in total. The lowest BCUT2D eigenvalue weighted by Crippen LogP contribution is -2.29. The van der Waals surface area contributed by atoms with Gasteiger partial charge in [-0.3, -0.25) is 4.79 Å². The molecule has 0 saturated carbocycles. The smallest absolute Gasteiger partial charge is 0.419 e. The molecule has 1 aromatic heterocycles. The minimum atomic E-state index is -4.54. The van der Waals surface area contributed by atoms with Gasteiger partial charge in [0.15, 0.2) is 6.61 Å². The summed E-state index contributed by atoms with van der Waals surface area (Å²) in [5, 5.41) is 2.68. The summed E-state index contributed by atoms with van der Waals surface area (Å²) < 4.78 is 45.9. The van der Waals surface area contributed by atoms with Crippen molar-refractivity contribution < 1.29 is 22.7 Å². The van der Waals surface area contributed by atoms with Crippen LogP contribution in [0.2, 0.25) is 0 Å². The number of carbonyl (C=O) groups is 1. The number of carbonyl (C=O) groups excluding carboxylic acids is 1. The van der Waals surface area contributed by atoms with Gasteiger partial charge in [-0.25, -0.2) is 4.98 Å². The third-order valence-corrected chi connectivity index (χ3v) is 4.06. The Balaban J connectivity index is 1.57. The van der Waals surface area contributed by atoms with E-state index in [9.17, 15) is 18.0 Å². The van der Waals surface area contributed by atoms with Crippen LogP contribution in [-0.4, -0.2) is 22.1 Å². The summed E-state index contributed by atoms with van der Waals surface area (Å²) in [5.74, 6) is -0.875. The zero-order valence-corrected chi connectivity index (χ0v) is 14.8. The average molecular weight is 389 g/mol. The predicted octanol–water partition coefficient (Wildman–Crippen LogP) is 3.65. The third kappa shape index (κ3) is 5.12. The van der Waals surface area contributed by atoms with E-state index in [4.69, 9.17) is 4.74 Å². The third-order valence-electron chi connectivity index (χ3n) is 4.06. The SMILES string of the molecule is O=C(COc1ccccc1C(F)(F)F)NCc1ccccc1Cn1ccnc1. The van der Waals surface area contributed by atoms with E-state index in [-0.39, 0.29) is 12.3 Å². The number of hydrogen-bond donors (Lipinski definition) is 1. The molecular formula is C20H18F3N3O2. The number of ether oxygens (including phenoxy) is 1. The Labute approximate surface area is 159 Å². The molecule has 8 heteroatoms. The molecule has 0 saturated heterocycles. The van der Waals surface area contributed by atoms with Crippen LogP contribution in [0.1, 0.15) is 16.7 Å². The number of amides is 1. The monoisotopic (exact) mass is 389 g/mol. The van der Waals surface area contributed by atoms with Gasteiger partial charge in [0.05, 0.1) is 11.9 Å². The van der Waals surface area contributed by atoms with Gasteiger partial charge in [-0.1, -0.05) is 36.4 Å². The van der Waals surface area contributed by atoms with Crippen LogP contribution in [0.4, 0.5) is 13.2 Å². The summed E-state index contributed by atoms with van der Waals surface area (Å²) in [5.41, 5.74) is 0.998. The second-order valence-electron chi connectivity index (χ2n) is 6.06. The number of nitrogens with zero attached hydrogens (tertiary/aromatic N) is 2. The van der Waals surface area contributed by atoms with Crippen molar-refractivity contribution in [2.45, 2.75) is 19.3 Å². The Kier molecular flexibility index (Phi) is 5.98. The predicted molar refractivity (Wildman–Crippen MR) is 96.6 cm³/mol. The first-order valence-corrected chi connectivity index (χ1v) is 8.52. The maximum Gasteiger partial charge on any atom is 0.419 e. The molecule has 28 heavy (non-hydrogen) atoms. The average Bonchev–Trinajstić information content (AvgIpc) is 3.18. The molecule has 5 nitrogen and oxygen atoms in total. The molecule has 0 aliphatic rings. The van der Waals surface area contributed by atoms with Crippen molar-refractivity contribution >= 4 is 5.91 Å². The number of benzene rings is 2. The molecule has 0 aliphatic carbocycles. The molecule has 2 aromatic carbocycles. The lowest BCUT2D eigenvalue weighted by molar-refractivity contribution is -0.139. The molecule has 0 unspecified atom stereocenters. The molecule has 3 aromatic rings. The van der Waals surface area contributed by atoms with Gasteiger partial charge in [0, 0.05) is 25.5 Å². The van der Waals surface area contributed by atoms with Gasteiger partial charge >= 0.3 is 6.18 Å². The molecule has 0 aliphatic heterocycles. The molecule has 146 valence electrons. The zero-order valence-electron chi connectivity index (χ0n) is 14.8. The van der Waals surface area contributed by atoms with Crippen LogP contribution in [0.5, 0.6) is 5.75 Å². The molecular weight excluding hydrogens is 371 g/mol. The lowest BCUT2D eigenvalue weighted by atomic mass is 10.1. The highest BCUT2D eigenvalue weighted by Crippen LogP contribution is 2.35. The fourth-order valence-electron chi connectivity index (χ4n) is 2.68. The first-order chi connectivity index (χ1) is 13.4. The molecule has 0 bridgehead atoms. The maximum absolute atomic E-state index is 13.0. The van der Waals surface area contributed by atoms with Crippen molar-refractivity contribution in [3.05, 3.63) is 83.9 Å². The normalized spacial score (nSPS) is 11.2. The first-order valence-electron chi connectivity index (χ1n) is 8.52. The molecule has 0 spiro atoms.